The van der Waals surface area contributed by atoms with Gasteiger partial charge < -0.3 is 14.5 Å². The SMILES string of the molecule is Cc1cc2c(nc1N1CCc3ncc(C(F)(F)F)cc3C1)OCCN(Cc1ccccc1)C2=O. The molecule has 0 atom stereocenters. The number of benzene rings is 1. The maximum Gasteiger partial charge on any atom is 0.417 e. The average molecular weight is 468 g/mol. The Hall–Kier alpha value is -3.62. The molecule has 0 saturated carbocycles. The third kappa shape index (κ3) is 4.30. The summed E-state index contributed by atoms with van der Waals surface area (Å²) in [4.78, 5) is 25.6. The van der Waals surface area contributed by atoms with Gasteiger partial charge in [-0.3, -0.25) is 9.78 Å². The van der Waals surface area contributed by atoms with Crippen molar-refractivity contribution in [1.29, 1.82) is 0 Å². The fourth-order valence-electron chi connectivity index (χ4n) is 4.41. The third-order valence-electron chi connectivity index (χ3n) is 6.15. The number of alkyl halides is 3. The lowest BCUT2D eigenvalue weighted by Crippen LogP contribution is -2.33. The molecule has 0 unspecified atom stereocenters. The minimum atomic E-state index is -4.44. The van der Waals surface area contributed by atoms with Crippen LogP contribution in [0.25, 0.3) is 0 Å². The Kier molecular flexibility index (Phi) is 5.63. The Labute approximate surface area is 195 Å². The number of hydrogen-bond donors (Lipinski definition) is 0. The number of pyridine rings is 2. The molecular weight excluding hydrogens is 445 g/mol. The number of carbonyl (C=O) groups is 1. The number of aryl methyl sites for hydroxylation is 1. The van der Waals surface area contributed by atoms with Crippen molar-refractivity contribution in [3.8, 4) is 5.88 Å². The van der Waals surface area contributed by atoms with Crippen LogP contribution < -0.4 is 9.64 Å². The van der Waals surface area contributed by atoms with Gasteiger partial charge in [0.05, 0.1) is 12.1 Å². The van der Waals surface area contributed by atoms with Crippen molar-refractivity contribution in [2.75, 3.05) is 24.6 Å². The fraction of sp³-hybridized carbons (Fsp3) is 0.320. The minimum absolute atomic E-state index is 0.151. The van der Waals surface area contributed by atoms with E-state index in [1.54, 1.807) is 11.0 Å². The van der Waals surface area contributed by atoms with Gasteiger partial charge in [0.1, 0.15) is 18.0 Å². The molecule has 3 aromatic rings. The predicted octanol–water partition coefficient (Wildman–Crippen LogP) is 4.40. The molecule has 5 rings (SSSR count). The standard InChI is InChI=1S/C25H23F3N4O2/c1-16-11-20-23(34-10-9-32(24(20)33)14-17-5-3-2-4-6-17)30-22(16)31-8-7-21-18(15-31)12-19(13-29-21)25(26,27)28/h2-6,11-13H,7-10,14-15H2,1H3. The molecule has 0 spiro atoms. The average Bonchev–Trinajstić information content (AvgIpc) is 2.96. The summed E-state index contributed by atoms with van der Waals surface area (Å²) in [7, 11) is 0. The maximum atomic E-state index is 13.3. The van der Waals surface area contributed by atoms with E-state index < -0.39 is 11.7 Å². The molecule has 4 heterocycles. The van der Waals surface area contributed by atoms with E-state index in [9.17, 15) is 18.0 Å². The van der Waals surface area contributed by atoms with E-state index in [0.717, 1.165) is 23.4 Å². The van der Waals surface area contributed by atoms with Crippen molar-refractivity contribution >= 4 is 11.7 Å². The highest BCUT2D eigenvalue weighted by atomic mass is 19.4. The quantitative estimate of drug-likeness (QED) is 0.570. The van der Waals surface area contributed by atoms with Gasteiger partial charge in [-0.1, -0.05) is 30.3 Å². The van der Waals surface area contributed by atoms with E-state index in [1.165, 1.54) is 0 Å². The van der Waals surface area contributed by atoms with Crippen LogP contribution in [0.3, 0.4) is 0 Å². The molecule has 0 N–H and O–H groups in total. The molecule has 6 nitrogen and oxygen atoms in total. The van der Waals surface area contributed by atoms with Crippen LogP contribution in [-0.4, -0.2) is 40.5 Å². The highest BCUT2D eigenvalue weighted by Crippen LogP contribution is 2.34. The van der Waals surface area contributed by atoms with Gasteiger partial charge in [-0.05, 0) is 35.7 Å². The Morgan fingerprint density at radius 3 is 2.68 bits per heavy atom. The largest absolute Gasteiger partial charge is 0.475 e. The van der Waals surface area contributed by atoms with Crippen molar-refractivity contribution < 1.29 is 22.7 Å². The fourth-order valence-corrected chi connectivity index (χ4v) is 4.41. The lowest BCUT2D eigenvalue weighted by Gasteiger charge is -2.31. The second kappa shape index (κ2) is 8.62. The summed E-state index contributed by atoms with van der Waals surface area (Å²) in [5.74, 6) is 0.710. The summed E-state index contributed by atoms with van der Waals surface area (Å²) in [5.41, 5.74) is 2.63. The molecule has 0 saturated heterocycles. The van der Waals surface area contributed by atoms with Crippen LogP contribution in [0.15, 0.2) is 48.7 Å². The van der Waals surface area contributed by atoms with E-state index >= 15 is 0 Å². The molecule has 1 amide bonds. The van der Waals surface area contributed by atoms with Crippen LogP contribution >= 0.6 is 0 Å². The minimum Gasteiger partial charge on any atom is -0.475 e. The third-order valence-corrected chi connectivity index (χ3v) is 6.15. The molecule has 0 radical (unpaired) electrons. The van der Waals surface area contributed by atoms with Crippen molar-refractivity contribution in [2.24, 2.45) is 0 Å². The molecule has 34 heavy (non-hydrogen) atoms. The first kappa shape index (κ1) is 22.2. The summed E-state index contributed by atoms with van der Waals surface area (Å²) in [6.45, 7) is 3.88. The van der Waals surface area contributed by atoms with Crippen LogP contribution in [0.2, 0.25) is 0 Å². The zero-order valence-electron chi connectivity index (χ0n) is 18.6. The van der Waals surface area contributed by atoms with Crippen molar-refractivity contribution in [3.05, 3.63) is 82.2 Å². The lowest BCUT2D eigenvalue weighted by molar-refractivity contribution is -0.137. The normalized spacial score (nSPS) is 15.9. The van der Waals surface area contributed by atoms with Gasteiger partial charge in [-0.2, -0.15) is 18.2 Å². The maximum absolute atomic E-state index is 13.3. The summed E-state index contributed by atoms with van der Waals surface area (Å²) >= 11 is 0. The number of amides is 1. The summed E-state index contributed by atoms with van der Waals surface area (Å²) in [5, 5.41) is 0. The Morgan fingerprint density at radius 1 is 1.12 bits per heavy atom. The van der Waals surface area contributed by atoms with E-state index in [4.69, 9.17) is 4.74 Å². The van der Waals surface area contributed by atoms with Gasteiger partial charge >= 0.3 is 6.18 Å². The molecule has 2 aromatic heterocycles. The predicted molar refractivity (Wildman–Crippen MR) is 120 cm³/mol. The lowest BCUT2D eigenvalue weighted by atomic mass is 10.0. The topological polar surface area (TPSA) is 58.6 Å². The van der Waals surface area contributed by atoms with Gasteiger partial charge in [-0.25, -0.2) is 0 Å². The molecular formula is C25H23F3N4O2. The first-order chi connectivity index (χ1) is 16.3. The molecule has 0 fully saturated rings. The molecule has 0 bridgehead atoms. The molecule has 176 valence electrons. The van der Waals surface area contributed by atoms with Crippen LogP contribution in [0, 0.1) is 6.92 Å². The summed E-state index contributed by atoms with van der Waals surface area (Å²) in [6.07, 6.45) is -3.04. The van der Waals surface area contributed by atoms with Gasteiger partial charge in [0.15, 0.2) is 0 Å². The zero-order valence-corrected chi connectivity index (χ0v) is 18.6. The van der Waals surface area contributed by atoms with Gasteiger partial charge in [-0.15, -0.1) is 0 Å². The first-order valence-electron chi connectivity index (χ1n) is 11.1. The van der Waals surface area contributed by atoms with E-state index in [0.29, 0.717) is 55.3 Å². The number of fused-ring (bicyclic) bond motifs is 2. The smallest absolute Gasteiger partial charge is 0.417 e. The second-order valence-electron chi connectivity index (χ2n) is 8.54. The monoisotopic (exact) mass is 468 g/mol. The number of anilines is 1. The Balaban J connectivity index is 1.41. The summed E-state index contributed by atoms with van der Waals surface area (Å²) in [6, 6.07) is 12.7. The van der Waals surface area contributed by atoms with Crippen molar-refractivity contribution in [3.63, 3.8) is 0 Å². The van der Waals surface area contributed by atoms with Crippen LogP contribution in [-0.2, 0) is 25.7 Å². The molecule has 2 aliphatic rings. The second-order valence-corrected chi connectivity index (χ2v) is 8.54. The van der Waals surface area contributed by atoms with Gasteiger partial charge in [0, 0.05) is 37.9 Å². The van der Waals surface area contributed by atoms with E-state index in [2.05, 4.69) is 9.97 Å². The number of ether oxygens (including phenoxy) is 1. The number of halogens is 3. The van der Waals surface area contributed by atoms with E-state index in [1.807, 2.05) is 42.2 Å². The molecule has 0 aliphatic carbocycles. The number of rotatable bonds is 3. The highest BCUT2D eigenvalue weighted by Gasteiger charge is 2.33. The van der Waals surface area contributed by atoms with Crippen LogP contribution in [0.1, 0.15) is 38.3 Å². The Morgan fingerprint density at radius 2 is 1.91 bits per heavy atom. The van der Waals surface area contributed by atoms with Crippen LogP contribution in [0.5, 0.6) is 5.88 Å². The van der Waals surface area contributed by atoms with Gasteiger partial charge in [0.2, 0.25) is 5.88 Å². The first-order valence-corrected chi connectivity index (χ1v) is 11.1. The van der Waals surface area contributed by atoms with Crippen molar-refractivity contribution in [1.82, 2.24) is 14.9 Å². The number of carbonyl (C=O) groups excluding carboxylic acids is 1. The Bertz CT molecular complexity index is 1230. The number of hydrogen-bond acceptors (Lipinski definition) is 5. The van der Waals surface area contributed by atoms with E-state index in [-0.39, 0.29) is 18.3 Å². The molecule has 9 heteroatoms. The number of aromatic nitrogens is 2. The zero-order chi connectivity index (χ0) is 23.9. The summed E-state index contributed by atoms with van der Waals surface area (Å²) < 4.78 is 45.3. The number of nitrogens with zero attached hydrogens (tertiary/aromatic N) is 4. The molecule has 1 aromatic carbocycles. The molecule has 2 aliphatic heterocycles. The van der Waals surface area contributed by atoms with Gasteiger partial charge in [0.25, 0.3) is 5.91 Å². The van der Waals surface area contributed by atoms with Crippen LogP contribution in [0.4, 0.5) is 19.0 Å². The van der Waals surface area contributed by atoms with Crippen molar-refractivity contribution in [2.45, 2.75) is 32.6 Å². The highest BCUT2D eigenvalue weighted by molar-refractivity contribution is 5.97.